The Balaban J connectivity index is 1.89. The fraction of sp³-hybridized carbons (Fsp3) is 0.333. The minimum atomic E-state index is -0.997. The Morgan fingerprint density at radius 3 is 2.61 bits per heavy atom. The summed E-state index contributed by atoms with van der Waals surface area (Å²) in [5.41, 5.74) is 0.164. The molecule has 1 aromatic carbocycles. The Morgan fingerprint density at radius 1 is 1.33 bits per heavy atom. The van der Waals surface area contributed by atoms with Gasteiger partial charge in [0.05, 0.1) is 11.8 Å². The van der Waals surface area contributed by atoms with E-state index in [0.29, 0.717) is 6.42 Å². The number of carbonyl (C=O) groups excluding carboxylic acids is 1. The van der Waals surface area contributed by atoms with Gasteiger partial charge in [-0.3, -0.25) is 9.59 Å². The molecule has 1 saturated carbocycles. The number of rotatable bonds is 4. The van der Waals surface area contributed by atoms with Crippen molar-refractivity contribution in [1.29, 1.82) is 0 Å². The third-order valence-corrected chi connectivity index (χ3v) is 2.91. The highest BCUT2D eigenvalue weighted by Gasteiger charge is 2.48. The fourth-order valence-electron chi connectivity index (χ4n) is 1.74. The van der Waals surface area contributed by atoms with Gasteiger partial charge in [0.25, 0.3) is 0 Å². The van der Waals surface area contributed by atoms with E-state index in [1.165, 1.54) is 6.07 Å². The van der Waals surface area contributed by atoms with Gasteiger partial charge in [-0.1, -0.05) is 6.07 Å². The topological polar surface area (TPSA) is 66.4 Å². The van der Waals surface area contributed by atoms with Gasteiger partial charge in [0, 0.05) is 18.2 Å². The third-order valence-electron chi connectivity index (χ3n) is 2.91. The first-order valence-electron chi connectivity index (χ1n) is 5.43. The summed E-state index contributed by atoms with van der Waals surface area (Å²) in [5, 5.41) is 11.1. The van der Waals surface area contributed by atoms with Crippen LogP contribution in [0, 0.1) is 23.5 Å². The summed E-state index contributed by atoms with van der Waals surface area (Å²) >= 11 is 0. The number of aliphatic carboxylic acids is 1. The van der Waals surface area contributed by atoms with E-state index in [1.807, 2.05) is 0 Å². The van der Waals surface area contributed by atoms with Crippen molar-refractivity contribution in [3.63, 3.8) is 0 Å². The van der Waals surface area contributed by atoms with E-state index >= 15 is 0 Å². The van der Waals surface area contributed by atoms with E-state index in [0.717, 1.165) is 12.1 Å². The van der Waals surface area contributed by atoms with E-state index in [1.54, 1.807) is 0 Å². The first-order chi connectivity index (χ1) is 8.49. The number of hydrogen-bond acceptors (Lipinski definition) is 2. The predicted octanol–water partition coefficient (Wildman–Crippen LogP) is 1.30. The van der Waals surface area contributed by atoms with Crippen molar-refractivity contribution in [2.24, 2.45) is 11.8 Å². The highest BCUT2D eigenvalue weighted by atomic mass is 19.1. The largest absolute Gasteiger partial charge is 0.481 e. The van der Waals surface area contributed by atoms with Crippen LogP contribution in [-0.4, -0.2) is 17.0 Å². The quantitative estimate of drug-likeness (QED) is 0.852. The third kappa shape index (κ3) is 2.64. The monoisotopic (exact) mass is 255 g/mol. The Hall–Kier alpha value is -1.98. The van der Waals surface area contributed by atoms with Crippen LogP contribution in [0.5, 0.6) is 0 Å². The maximum absolute atomic E-state index is 13.2. The molecule has 0 saturated heterocycles. The first-order valence-corrected chi connectivity index (χ1v) is 5.43. The molecule has 2 atom stereocenters. The average molecular weight is 255 g/mol. The first kappa shape index (κ1) is 12.5. The van der Waals surface area contributed by atoms with Gasteiger partial charge in [0.1, 0.15) is 11.6 Å². The lowest BCUT2D eigenvalue weighted by molar-refractivity contribution is -0.140. The normalized spacial score (nSPS) is 21.4. The van der Waals surface area contributed by atoms with Gasteiger partial charge in [0.2, 0.25) is 5.91 Å². The lowest BCUT2D eigenvalue weighted by atomic mass is 10.2. The lowest BCUT2D eigenvalue weighted by Crippen LogP contribution is -2.26. The Labute approximate surface area is 102 Å². The van der Waals surface area contributed by atoms with Crippen LogP contribution in [0.2, 0.25) is 0 Å². The molecule has 0 heterocycles. The summed E-state index contributed by atoms with van der Waals surface area (Å²) in [6.45, 7) is -0.0756. The minimum absolute atomic E-state index is 0.0756. The highest BCUT2D eigenvalue weighted by molar-refractivity contribution is 5.89. The van der Waals surface area contributed by atoms with Crippen molar-refractivity contribution in [1.82, 2.24) is 5.32 Å². The Morgan fingerprint density at radius 2 is 2.06 bits per heavy atom. The zero-order chi connectivity index (χ0) is 13.3. The average Bonchev–Trinajstić information content (AvgIpc) is 3.07. The van der Waals surface area contributed by atoms with Crippen molar-refractivity contribution in [3.8, 4) is 0 Å². The van der Waals surface area contributed by atoms with Crippen LogP contribution in [0.25, 0.3) is 0 Å². The smallest absolute Gasteiger partial charge is 0.307 e. The van der Waals surface area contributed by atoms with Gasteiger partial charge in [0.15, 0.2) is 0 Å². The molecule has 0 bridgehead atoms. The van der Waals surface area contributed by atoms with Crippen molar-refractivity contribution < 1.29 is 23.5 Å². The Kier molecular flexibility index (Phi) is 3.27. The van der Waals surface area contributed by atoms with Gasteiger partial charge >= 0.3 is 5.97 Å². The second-order valence-electron chi connectivity index (χ2n) is 4.24. The van der Waals surface area contributed by atoms with Crippen LogP contribution in [-0.2, 0) is 16.1 Å². The molecule has 0 radical (unpaired) electrons. The van der Waals surface area contributed by atoms with Gasteiger partial charge < -0.3 is 10.4 Å². The van der Waals surface area contributed by atoms with E-state index in [9.17, 15) is 18.4 Å². The van der Waals surface area contributed by atoms with Crippen LogP contribution in [0.3, 0.4) is 0 Å². The Bertz CT molecular complexity index is 504. The zero-order valence-corrected chi connectivity index (χ0v) is 9.32. The number of carboxylic acid groups (broad SMARTS) is 1. The summed E-state index contributed by atoms with van der Waals surface area (Å²) in [4.78, 5) is 22.1. The molecule has 2 rings (SSSR count). The van der Waals surface area contributed by atoms with Crippen molar-refractivity contribution in [2.45, 2.75) is 13.0 Å². The molecule has 1 amide bonds. The van der Waals surface area contributed by atoms with E-state index < -0.39 is 35.3 Å². The number of hydrogen-bond donors (Lipinski definition) is 2. The van der Waals surface area contributed by atoms with E-state index in [2.05, 4.69) is 5.32 Å². The SMILES string of the molecule is O=C(O)C1CC1C(=O)NCc1ccc(F)cc1F. The van der Waals surface area contributed by atoms with Crippen LogP contribution >= 0.6 is 0 Å². The number of carboxylic acids is 1. The molecular weight excluding hydrogens is 244 g/mol. The minimum Gasteiger partial charge on any atom is -0.481 e. The molecule has 0 aromatic heterocycles. The zero-order valence-electron chi connectivity index (χ0n) is 9.32. The maximum atomic E-state index is 13.2. The van der Waals surface area contributed by atoms with Crippen LogP contribution in [0.1, 0.15) is 12.0 Å². The number of benzene rings is 1. The molecular formula is C12H11F2NO3. The molecule has 1 aliphatic rings. The summed E-state index contributed by atoms with van der Waals surface area (Å²) in [6, 6.07) is 3.08. The second kappa shape index (κ2) is 4.72. The van der Waals surface area contributed by atoms with Gasteiger partial charge in [-0.2, -0.15) is 0 Å². The molecule has 2 unspecified atom stereocenters. The number of nitrogens with one attached hydrogen (secondary N) is 1. The van der Waals surface area contributed by atoms with Gasteiger partial charge in [-0.25, -0.2) is 8.78 Å². The fourth-order valence-corrected chi connectivity index (χ4v) is 1.74. The molecule has 0 spiro atoms. The van der Waals surface area contributed by atoms with E-state index in [4.69, 9.17) is 5.11 Å². The second-order valence-corrected chi connectivity index (χ2v) is 4.24. The standard InChI is InChI=1S/C12H11F2NO3/c13-7-2-1-6(10(14)3-7)5-15-11(16)8-4-9(8)12(17)18/h1-3,8-9H,4-5H2,(H,15,16)(H,17,18). The van der Waals surface area contributed by atoms with Crippen LogP contribution in [0.15, 0.2) is 18.2 Å². The molecule has 1 fully saturated rings. The lowest BCUT2D eigenvalue weighted by Gasteiger charge is -2.05. The molecule has 96 valence electrons. The molecule has 4 nitrogen and oxygen atoms in total. The summed E-state index contributed by atoms with van der Waals surface area (Å²) < 4.78 is 25.9. The van der Waals surface area contributed by atoms with Crippen molar-refractivity contribution in [2.75, 3.05) is 0 Å². The van der Waals surface area contributed by atoms with Crippen LogP contribution in [0.4, 0.5) is 8.78 Å². The molecule has 6 heteroatoms. The van der Waals surface area contributed by atoms with Gasteiger partial charge in [-0.15, -0.1) is 0 Å². The van der Waals surface area contributed by atoms with Crippen LogP contribution < -0.4 is 5.32 Å². The molecule has 1 aliphatic carbocycles. The highest BCUT2D eigenvalue weighted by Crippen LogP contribution is 2.38. The molecule has 0 aliphatic heterocycles. The number of halogens is 2. The summed E-state index contributed by atoms with van der Waals surface area (Å²) in [5.74, 6) is -4.00. The molecule has 18 heavy (non-hydrogen) atoms. The summed E-state index contributed by atoms with van der Waals surface area (Å²) in [7, 11) is 0. The van der Waals surface area contributed by atoms with Crippen molar-refractivity contribution >= 4 is 11.9 Å². The van der Waals surface area contributed by atoms with Gasteiger partial charge in [-0.05, 0) is 12.5 Å². The predicted molar refractivity (Wildman–Crippen MR) is 57.4 cm³/mol. The molecule has 2 N–H and O–H groups in total. The van der Waals surface area contributed by atoms with E-state index in [-0.39, 0.29) is 12.1 Å². The summed E-state index contributed by atoms with van der Waals surface area (Å²) in [6.07, 6.45) is 0.313. The van der Waals surface area contributed by atoms with Crippen molar-refractivity contribution in [3.05, 3.63) is 35.4 Å². The number of carbonyl (C=O) groups is 2. The number of amides is 1. The molecule has 1 aromatic rings. The maximum Gasteiger partial charge on any atom is 0.307 e.